The van der Waals surface area contributed by atoms with Gasteiger partial charge in [-0.3, -0.25) is 15.2 Å². The monoisotopic (exact) mass is 400 g/mol. The molecule has 1 aromatic carbocycles. The van der Waals surface area contributed by atoms with E-state index in [2.05, 4.69) is 0 Å². The second kappa shape index (κ2) is 7.31. The average Bonchev–Trinajstić information content (AvgIpc) is 2.61. The Morgan fingerprint density at radius 3 is 2.69 bits per heavy atom. The number of nitrogens with two attached hydrogens (primary N) is 1. The number of hydrogen-bond acceptors (Lipinski definition) is 9. The highest BCUT2D eigenvalue weighted by Gasteiger charge is 2.43. The van der Waals surface area contributed by atoms with E-state index in [1.807, 2.05) is 19.9 Å². The predicted octanol–water partition coefficient (Wildman–Crippen LogP) is 2.19. The molecule has 0 saturated carbocycles. The SMILES string of the molecule is CCOc1cc([C@@H]2C(C#N)=C(N)OC3=C2C(=O)CC(C)(C)C3)cc(N(O)O)c1[O-]. The van der Waals surface area contributed by atoms with Gasteiger partial charge < -0.3 is 20.3 Å². The maximum Gasteiger partial charge on any atom is 0.205 e. The first kappa shape index (κ1) is 20.5. The molecular weight excluding hydrogens is 378 g/mol. The number of hydrogen-bond donors (Lipinski definition) is 3. The fourth-order valence-electron chi connectivity index (χ4n) is 3.80. The molecule has 0 bridgehead atoms. The van der Waals surface area contributed by atoms with Gasteiger partial charge in [-0.1, -0.05) is 13.8 Å². The molecule has 3 rings (SSSR count). The lowest BCUT2D eigenvalue weighted by molar-refractivity contribution is -0.270. The van der Waals surface area contributed by atoms with Crippen molar-refractivity contribution in [1.29, 1.82) is 5.26 Å². The van der Waals surface area contributed by atoms with Gasteiger partial charge in [0.1, 0.15) is 23.2 Å². The molecule has 0 spiro atoms. The van der Waals surface area contributed by atoms with Crippen molar-refractivity contribution in [3.63, 3.8) is 0 Å². The quantitative estimate of drug-likeness (QED) is 0.646. The van der Waals surface area contributed by atoms with Crippen LogP contribution in [-0.4, -0.2) is 22.8 Å². The Morgan fingerprint density at radius 1 is 1.41 bits per heavy atom. The Kier molecular flexibility index (Phi) is 5.17. The highest BCUT2D eigenvalue weighted by molar-refractivity contribution is 6.00. The first-order valence-corrected chi connectivity index (χ1v) is 9.09. The highest BCUT2D eigenvalue weighted by Crippen LogP contribution is 2.49. The van der Waals surface area contributed by atoms with Crippen LogP contribution in [0.3, 0.4) is 0 Å². The minimum atomic E-state index is -0.911. The number of ether oxygens (including phenoxy) is 2. The smallest absolute Gasteiger partial charge is 0.205 e. The molecule has 1 aliphatic heterocycles. The molecule has 1 atom stereocenters. The van der Waals surface area contributed by atoms with Gasteiger partial charge in [0.05, 0.1) is 18.2 Å². The van der Waals surface area contributed by atoms with E-state index in [0.717, 1.165) is 0 Å². The number of ketones is 1. The van der Waals surface area contributed by atoms with E-state index >= 15 is 0 Å². The van der Waals surface area contributed by atoms with E-state index in [9.17, 15) is 25.6 Å². The lowest BCUT2D eigenvalue weighted by atomic mass is 9.70. The summed E-state index contributed by atoms with van der Waals surface area (Å²) in [6.07, 6.45) is 0.697. The molecule has 1 aromatic rings. The molecule has 0 unspecified atom stereocenters. The van der Waals surface area contributed by atoms with Crippen molar-refractivity contribution in [3.8, 4) is 17.6 Å². The lowest BCUT2D eigenvalue weighted by Crippen LogP contribution is -2.33. The predicted molar refractivity (Wildman–Crippen MR) is 98.8 cm³/mol. The summed E-state index contributed by atoms with van der Waals surface area (Å²) in [5.41, 5.74) is 5.74. The third kappa shape index (κ3) is 3.60. The standard InChI is InChI=1S/C20H23N3O6/c1-4-28-14-6-10(5-12(18(14)25)23(26)27)16-11(9-21)19(22)29-15-8-20(2,3)7-13(24)17(15)16/h5-6,16,25-27H,4,7-8,22H2,1-3H3/p-1/t16-/m1/s1. The summed E-state index contributed by atoms with van der Waals surface area (Å²) in [5, 5.41) is 40.7. The van der Waals surface area contributed by atoms with Crippen LogP contribution in [0, 0.1) is 16.7 Å². The van der Waals surface area contributed by atoms with E-state index in [4.69, 9.17) is 15.2 Å². The summed E-state index contributed by atoms with van der Waals surface area (Å²) >= 11 is 0. The van der Waals surface area contributed by atoms with Gasteiger partial charge in [-0.15, -0.1) is 5.23 Å². The average molecular weight is 400 g/mol. The Balaban J connectivity index is 2.26. The van der Waals surface area contributed by atoms with Crippen LogP contribution in [0.15, 0.2) is 34.9 Å². The van der Waals surface area contributed by atoms with Crippen LogP contribution in [0.4, 0.5) is 5.69 Å². The van der Waals surface area contributed by atoms with E-state index in [1.54, 1.807) is 6.92 Å². The summed E-state index contributed by atoms with van der Waals surface area (Å²) < 4.78 is 10.9. The third-order valence-electron chi connectivity index (χ3n) is 4.98. The van der Waals surface area contributed by atoms with Crippen molar-refractivity contribution in [3.05, 3.63) is 40.5 Å². The van der Waals surface area contributed by atoms with Gasteiger partial charge in [0, 0.05) is 18.4 Å². The molecule has 0 radical (unpaired) electrons. The number of Topliss-reactive ketones (excluding diaryl/α,β-unsaturated/α-hetero) is 1. The van der Waals surface area contributed by atoms with E-state index in [0.29, 0.717) is 17.7 Å². The Labute approximate surface area is 167 Å². The molecule has 0 saturated heterocycles. The van der Waals surface area contributed by atoms with Crippen molar-refractivity contribution in [2.45, 2.75) is 39.5 Å². The summed E-state index contributed by atoms with van der Waals surface area (Å²) in [5.74, 6) is -1.74. The number of nitriles is 1. The van der Waals surface area contributed by atoms with Crippen molar-refractivity contribution in [2.24, 2.45) is 11.1 Å². The maximum absolute atomic E-state index is 13.0. The number of nitrogens with zero attached hydrogens (tertiary/aromatic N) is 2. The van der Waals surface area contributed by atoms with Gasteiger partial charge in [0.25, 0.3) is 0 Å². The van der Waals surface area contributed by atoms with Gasteiger partial charge in [-0.05, 0) is 35.8 Å². The minimum absolute atomic E-state index is 0.00582. The minimum Gasteiger partial charge on any atom is -0.868 e. The van der Waals surface area contributed by atoms with Crippen molar-refractivity contribution < 1.29 is 29.8 Å². The molecule has 0 amide bonds. The molecule has 4 N–H and O–H groups in total. The lowest BCUT2D eigenvalue weighted by Gasteiger charge is -2.37. The summed E-state index contributed by atoms with van der Waals surface area (Å²) in [7, 11) is 0. The molecule has 1 heterocycles. The number of allylic oxidation sites excluding steroid dienone is 3. The summed E-state index contributed by atoms with van der Waals surface area (Å²) in [6.45, 7) is 5.69. The van der Waals surface area contributed by atoms with Gasteiger partial charge >= 0.3 is 0 Å². The number of carbonyl (C=O) groups excluding carboxylic acids is 1. The van der Waals surface area contributed by atoms with Crippen molar-refractivity contribution in [2.75, 3.05) is 11.8 Å². The second-order valence-electron chi connectivity index (χ2n) is 7.79. The zero-order valence-corrected chi connectivity index (χ0v) is 16.4. The normalized spacial score (nSPS) is 20.7. The molecule has 2 aliphatic rings. The first-order valence-electron chi connectivity index (χ1n) is 9.09. The van der Waals surface area contributed by atoms with Crippen LogP contribution in [0.25, 0.3) is 0 Å². The van der Waals surface area contributed by atoms with Crippen molar-refractivity contribution in [1.82, 2.24) is 0 Å². The van der Waals surface area contributed by atoms with Crippen molar-refractivity contribution >= 4 is 11.5 Å². The second-order valence-corrected chi connectivity index (χ2v) is 7.79. The summed E-state index contributed by atoms with van der Waals surface area (Å²) in [6, 6.07) is 4.56. The number of carbonyl (C=O) groups is 1. The van der Waals surface area contributed by atoms with Gasteiger partial charge in [-0.2, -0.15) is 5.26 Å². The van der Waals surface area contributed by atoms with Gasteiger partial charge in [-0.25, -0.2) is 0 Å². The Hall–Kier alpha value is -3.22. The molecule has 29 heavy (non-hydrogen) atoms. The summed E-state index contributed by atoms with van der Waals surface area (Å²) in [4.78, 5) is 13.0. The van der Waals surface area contributed by atoms with Crippen LogP contribution in [0.1, 0.15) is 45.1 Å². The highest BCUT2D eigenvalue weighted by atomic mass is 16.8. The first-order chi connectivity index (χ1) is 13.6. The topological polar surface area (TPSA) is 152 Å². The third-order valence-corrected chi connectivity index (χ3v) is 4.98. The van der Waals surface area contributed by atoms with Crippen LogP contribution < -0.4 is 20.8 Å². The molecule has 9 nitrogen and oxygen atoms in total. The molecule has 9 heteroatoms. The molecule has 0 aromatic heterocycles. The molecule has 0 fully saturated rings. The maximum atomic E-state index is 13.0. The van der Waals surface area contributed by atoms with Gasteiger partial charge in [0.15, 0.2) is 5.78 Å². The zero-order chi connectivity index (χ0) is 21.5. The van der Waals surface area contributed by atoms with Crippen LogP contribution in [-0.2, 0) is 9.53 Å². The largest absolute Gasteiger partial charge is 0.868 e. The fourth-order valence-corrected chi connectivity index (χ4v) is 3.80. The Morgan fingerprint density at radius 2 is 2.10 bits per heavy atom. The van der Waals surface area contributed by atoms with Gasteiger partial charge in [0.2, 0.25) is 5.88 Å². The zero-order valence-electron chi connectivity index (χ0n) is 16.4. The fraction of sp³-hybridized carbons (Fsp3) is 0.400. The molecule has 1 aliphatic carbocycles. The molecule has 154 valence electrons. The Bertz CT molecular complexity index is 971. The molecular formula is C20H22N3O6-. The van der Waals surface area contributed by atoms with E-state index in [-0.39, 0.29) is 52.2 Å². The van der Waals surface area contributed by atoms with Crippen LogP contribution in [0.5, 0.6) is 11.5 Å². The van der Waals surface area contributed by atoms with Crippen LogP contribution in [0.2, 0.25) is 0 Å². The number of benzene rings is 1. The van der Waals surface area contributed by atoms with E-state index < -0.39 is 17.4 Å². The number of anilines is 1. The number of rotatable bonds is 4. The van der Waals surface area contributed by atoms with Crippen LogP contribution >= 0.6 is 0 Å². The van der Waals surface area contributed by atoms with E-state index in [1.165, 1.54) is 12.1 Å².